The summed E-state index contributed by atoms with van der Waals surface area (Å²) >= 11 is 1.39. The van der Waals surface area contributed by atoms with Crippen LogP contribution in [-0.2, 0) is 4.79 Å². The van der Waals surface area contributed by atoms with E-state index >= 15 is 0 Å². The molecule has 102 valence electrons. The molecule has 2 rings (SSSR count). The van der Waals surface area contributed by atoms with Crippen LogP contribution >= 0.6 is 11.3 Å². The molecule has 1 fully saturated rings. The van der Waals surface area contributed by atoms with Crippen molar-refractivity contribution in [2.75, 3.05) is 11.9 Å². The van der Waals surface area contributed by atoms with E-state index in [0.717, 1.165) is 25.7 Å². The Morgan fingerprint density at radius 2 is 2.21 bits per heavy atom. The molecule has 0 saturated heterocycles. The van der Waals surface area contributed by atoms with Gasteiger partial charge in [-0.05, 0) is 36.2 Å². The highest BCUT2D eigenvalue weighted by Crippen LogP contribution is 2.38. The van der Waals surface area contributed by atoms with E-state index in [-0.39, 0.29) is 11.3 Å². The van der Waals surface area contributed by atoms with Crippen molar-refractivity contribution in [3.05, 3.63) is 17.0 Å². The van der Waals surface area contributed by atoms with Gasteiger partial charge in [0.15, 0.2) is 0 Å². The molecule has 0 radical (unpaired) electrons. The van der Waals surface area contributed by atoms with Crippen LogP contribution in [0.3, 0.4) is 0 Å². The molecule has 19 heavy (non-hydrogen) atoms. The Hall–Kier alpha value is -1.38. The molecule has 1 amide bonds. The van der Waals surface area contributed by atoms with Crippen molar-refractivity contribution in [1.82, 2.24) is 0 Å². The summed E-state index contributed by atoms with van der Waals surface area (Å²) in [6.45, 7) is 0.565. The first-order chi connectivity index (χ1) is 9.19. The zero-order valence-electron chi connectivity index (χ0n) is 10.9. The van der Waals surface area contributed by atoms with Crippen LogP contribution in [0.4, 0.5) is 5.00 Å². The van der Waals surface area contributed by atoms with Gasteiger partial charge in [0.25, 0.3) is 0 Å². The molecule has 1 aliphatic carbocycles. The molecule has 1 aromatic heterocycles. The van der Waals surface area contributed by atoms with E-state index in [1.165, 1.54) is 17.8 Å². The predicted octanol–water partition coefficient (Wildman–Crippen LogP) is 2.86. The Morgan fingerprint density at radius 1 is 1.47 bits per heavy atom. The van der Waals surface area contributed by atoms with Gasteiger partial charge in [0, 0.05) is 6.42 Å². The molecule has 0 unspecified atom stereocenters. The third kappa shape index (κ3) is 3.34. The van der Waals surface area contributed by atoms with Crippen molar-refractivity contribution in [2.24, 2.45) is 11.1 Å². The van der Waals surface area contributed by atoms with E-state index in [2.05, 4.69) is 11.4 Å². The molecule has 5 heteroatoms. The van der Waals surface area contributed by atoms with Crippen molar-refractivity contribution in [2.45, 2.75) is 38.5 Å². The van der Waals surface area contributed by atoms with Crippen LogP contribution in [0, 0.1) is 16.7 Å². The quantitative estimate of drug-likeness (QED) is 0.888. The van der Waals surface area contributed by atoms with Gasteiger partial charge in [-0.2, -0.15) is 5.26 Å². The Bertz CT molecular complexity index is 483. The first kappa shape index (κ1) is 14.0. The van der Waals surface area contributed by atoms with Crippen molar-refractivity contribution < 1.29 is 4.79 Å². The normalized spacial score (nSPS) is 17.7. The predicted molar refractivity (Wildman–Crippen MR) is 76.9 cm³/mol. The maximum Gasteiger partial charge on any atom is 0.225 e. The average Bonchev–Trinajstić information content (AvgIpc) is 2.86. The van der Waals surface area contributed by atoms with Gasteiger partial charge >= 0.3 is 0 Å². The van der Waals surface area contributed by atoms with Crippen molar-refractivity contribution in [3.63, 3.8) is 0 Å². The molecule has 0 aromatic carbocycles. The second-order valence-electron chi connectivity index (χ2n) is 5.26. The van der Waals surface area contributed by atoms with Gasteiger partial charge in [0.1, 0.15) is 11.1 Å². The van der Waals surface area contributed by atoms with Crippen molar-refractivity contribution >= 4 is 22.2 Å². The highest BCUT2D eigenvalue weighted by molar-refractivity contribution is 7.14. The Kier molecular flexibility index (Phi) is 4.56. The van der Waals surface area contributed by atoms with E-state index in [1.54, 1.807) is 6.07 Å². The lowest BCUT2D eigenvalue weighted by Gasteiger charge is -2.35. The molecular weight excluding hydrogens is 258 g/mol. The highest BCUT2D eigenvalue weighted by atomic mass is 32.1. The molecule has 0 atom stereocenters. The second-order valence-corrected chi connectivity index (χ2v) is 6.18. The molecule has 0 spiro atoms. The summed E-state index contributed by atoms with van der Waals surface area (Å²) < 4.78 is 0. The monoisotopic (exact) mass is 277 g/mol. The number of hydrogen-bond donors (Lipinski definition) is 2. The van der Waals surface area contributed by atoms with Crippen LogP contribution in [0.1, 0.15) is 44.1 Å². The van der Waals surface area contributed by atoms with Crippen LogP contribution in [0.5, 0.6) is 0 Å². The SMILES string of the molecule is N#Cc1ccsc1NC(=O)CC1(CN)CCCCC1. The summed E-state index contributed by atoms with van der Waals surface area (Å²) in [4.78, 5) is 12.1. The molecule has 4 nitrogen and oxygen atoms in total. The van der Waals surface area contributed by atoms with Gasteiger partial charge in [-0.3, -0.25) is 4.79 Å². The number of hydrogen-bond acceptors (Lipinski definition) is 4. The second kappa shape index (κ2) is 6.18. The van der Waals surface area contributed by atoms with E-state index in [1.807, 2.05) is 5.38 Å². The lowest BCUT2D eigenvalue weighted by atomic mass is 9.72. The fraction of sp³-hybridized carbons (Fsp3) is 0.571. The minimum absolute atomic E-state index is 0.0219. The fourth-order valence-corrected chi connectivity index (χ4v) is 3.51. The highest BCUT2D eigenvalue weighted by Gasteiger charge is 2.33. The van der Waals surface area contributed by atoms with E-state index in [0.29, 0.717) is 23.5 Å². The summed E-state index contributed by atoms with van der Waals surface area (Å²) in [7, 11) is 0. The van der Waals surface area contributed by atoms with Gasteiger partial charge in [-0.25, -0.2) is 0 Å². The van der Waals surface area contributed by atoms with E-state index in [9.17, 15) is 4.79 Å². The maximum absolute atomic E-state index is 12.1. The first-order valence-corrected chi connectivity index (χ1v) is 7.55. The fourth-order valence-electron chi connectivity index (χ4n) is 2.76. The number of nitrogens with two attached hydrogens (primary N) is 1. The van der Waals surface area contributed by atoms with E-state index < -0.39 is 0 Å². The number of carbonyl (C=O) groups is 1. The van der Waals surface area contributed by atoms with Crippen molar-refractivity contribution in [1.29, 1.82) is 5.26 Å². The van der Waals surface area contributed by atoms with Crippen LogP contribution in [0.25, 0.3) is 0 Å². The van der Waals surface area contributed by atoms with E-state index in [4.69, 9.17) is 11.0 Å². The number of amides is 1. The minimum Gasteiger partial charge on any atom is -0.330 e. The van der Waals surface area contributed by atoms with Crippen LogP contribution in [0.2, 0.25) is 0 Å². The molecule has 1 aromatic rings. The molecule has 1 aliphatic rings. The number of rotatable bonds is 4. The number of anilines is 1. The van der Waals surface area contributed by atoms with Gasteiger partial charge in [0.05, 0.1) is 5.56 Å². The zero-order valence-corrected chi connectivity index (χ0v) is 11.8. The number of nitrogens with one attached hydrogen (secondary N) is 1. The smallest absolute Gasteiger partial charge is 0.225 e. The van der Waals surface area contributed by atoms with Crippen molar-refractivity contribution in [3.8, 4) is 6.07 Å². The average molecular weight is 277 g/mol. The molecule has 0 aliphatic heterocycles. The molecule has 1 heterocycles. The number of nitriles is 1. The summed E-state index contributed by atoms with van der Waals surface area (Å²) in [5.74, 6) is -0.0219. The Morgan fingerprint density at radius 3 is 2.84 bits per heavy atom. The van der Waals surface area contributed by atoms with Gasteiger partial charge < -0.3 is 11.1 Å². The molecule has 1 saturated carbocycles. The first-order valence-electron chi connectivity index (χ1n) is 6.67. The Balaban J connectivity index is 1.99. The molecular formula is C14H19N3OS. The number of thiophene rings is 1. The van der Waals surface area contributed by atoms with Crippen LogP contribution < -0.4 is 11.1 Å². The summed E-state index contributed by atoms with van der Waals surface area (Å²) in [5.41, 5.74) is 6.38. The van der Waals surface area contributed by atoms with Crippen LogP contribution in [-0.4, -0.2) is 12.5 Å². The summed E-state index contributed by atoms with van der Waals surface area (Å²) in [5, 5.41) is 14.2. The third-order valence-corrected chi connectivity index (χ3v) is 4.75. The Labute approximate surface area is 117 Å². The topological polar surface area (TPSA) is 78.9 Å². The van der Waals surface area contributed by atoms with Gasteiger partial charge in [0.2, 0.25) is 5.91 Å². The molecule has 0 bridgehead atoms. The van der Waals surface area contributed by atoms with Gasteiger partial charge in [-0.15, -0.1) is 11.3 Å². The standard InChI is InChI=1S/C14H19N3OS/c15-9-11-4-7-19-13(11)17-12(18)8-14(10-16)5-2-1-3-6-14/h4,7H,1-3,5-6,8,10,16H2,(H,17,18). The maximum atomic E-state index is 12.1. The molecule has 3 N–H and O–H groups in total. The van der Waals surface area contributed by atoms with Gasteiger partial charge in [-0.1, -0.05) is 19.3 Å². The summed E-state index contributed by atoms with van der Waals surface area (Å²) in [6.07, 6.45) is 6.10. The van der Waals surface area contributed by atoms with Crippen LogP contribution in [0.15, 0.2) is 11.4 Å². The minimum atomic E-state index is -0.0353. The largest absolute Gasteiger partial charge is 0.330 e. The number of carbonyl (C=O) groups excluding carboxylic acids is 1. The lowest BCUT2D eigenvalue weighted by Crippen LogP contribution is -2.36. The third-order valence-electron chi connectivity index (χ3n) is 3.92. The zero-order chi connectivity index (χ0) is 13.7. The summed E-state index contributed by atoms with van der Waals surface area (Å²) in [6, 6.07) is 3.80. The number of nitrogens with zero attached hydrogens (tertiary/aromatic N) is 1. The lowest BCUT2D eigenvalue weighted by molar-refractivity contribution is -0.118.